The summed E-state index contributed by atoms with van der Waals surface area (Å²) < 4.78 is 14.5. The molecule has 0 saturated heterocycles. The predicted molar refractivity (Wildman–Crippen MR) is 137 cm³/mol. The summed E-state index contributed by atoms with van der Waals surface area (Å²) in [5.74, 6) is -1.17. The van der Waals surface area contributed by atoms with Crippen molar-refractivity contribution in [1.82, 2.24) is 15.1 Å². The molecule has 4 rings (SSSR count). The van der Waals surface area contributed by atoms with Crippen molar-refractivity contribution in [1.29, 1.82) is 0 Å². The van der Waals surface area contributed by atoms with Crippen molar-refractivity contribution in [2.24, 2.45) is 0 Å². The Morgan fingerprint density at radius 2 is 1.67 bits per heavy atom. The summed E-state index contributed by atoms with van der Waals surface area (Å²) in [6.45, 7) is 2.73. The van der Waals surface area contributed by atoms with Crippen molar-refractivity contribution in [3.63, 3.8) is 0 Å². The van der Waals surface area contributed by atoms with Gasteiger partial charge in [0.25, 0.3) is 17.4 Å². The van der Waals surface area contributed by atoms with Crippen LogP contribution in [0.5, 0.6) is 0 Å². The molecule has 36 heavy (non-hydrogen) atoms. The number of halogens is 1. The summed E-state index contributed by atoms with van der Waals surface area (Å²) in [4.78, 5) is 38.4. The zero-order valence-electron chi connectivity index (χ0n) is 20.0. The van der Waals surface area contributed by atoms with Crippen molar-refractivity contribution in [3.8, 4) is 0 Å². The zero-order valence-corrected chi connectivity index (χ0v) is 20.0. The van der Waals surface area contributed by atoms with E-state index in [0.29, 0.717) is 28.6 Å². The van der Waals surface area contributed by atoms with Gasteiger partial charge in [-0.2, -0.15) is 5.10 Å². The molecular weight excluding hydrogens is 459 g/mol. The largest absolute Gasteiger partial charge is 0.347 e. The molecule has 2 N–H and O–H groups in total. The van der Waals surface area contributed by atoms with E-state index in [1.54, 1.807) is 42.5 Å². The number of aromatic nitrogens is 2. The van der Waals surface area contributed by atoms with Crippen LogP contribution in [0.25, 0.3) is 10.8 Å². The van der Waals surface area contributed by atoms with Crippen molar-refractivity contribution in [3.05, 3.63) is 106 Å². The fourth-order valence-electron chi connectivity index (χ4n) is 3.90. The van der Waals surface area contributed by atoms with Crippen LogP contribution in [-0.2, 0) is 13.1 Å². The summed E-state index contributed by atoms with van der Waals surface area (Å²) in [6, 6.07) is 19.3. The number of amides is 2. The maximum absolute atomic E-state index is 13.1. The Labute approximate surface area is 208 Å². The van der Waals surface area contributed by atoms with Crippen molar-refractivity contribution >= 4 is 28.3 Å². The lowest BCUT2D eigenvalue weighted by atomic mass is 10.1. The molecule has 0 fully saturated rings. The van der Waals surface area contributed by atoms with Crippen molar-refractivity contribution in [2.75, 3.05) is 5.32 Å². The average molecular weight is 487 g/mol. The molecule has 0 aliphatic carbocycles. The maximum Gasteiger partial charge on any atom is 0.274 e. The molecule has 1 aromatic heterocycles. The zero-order chi connectivity index (χ0) is 25.5. The van der Waals surface area contributed by atoms with Crippen LogP contribution in [0.4, 0.5) is 10.1 Å². The molecule has 0 unspecified atom stereocenters. The number of anilines is 1. The number of benzene rings is 3. The molecule has 184 valence electrons. The highest BCUT2D eigenvalue weighted by Crippen LogP contribution is 2.16. The van der Waals surface area contributed by atoms with E-state index in [2.05, 4.69) is 22.7 Å². The molecule has 8 heteroatoms. The first kappa shape index (κ1) is 24.8. The summed E-state index contributed by atoms with van der Waals surface area (Å²) in [5, 5.41) is 11.0. The normalized spacial score (nSPS) is 10.8. The van der Waals surface area contributed by atoms with E-state index >= 15 is 0 Å². The van der Waals surface area contributed by atoms with E-state index in [0.717, 1.165) is 24.8 Å². The number of carbonyl (C=O) groups is 2. The van der Waals surface area contributed by atoms with Crippen LogP contribution in [0.3, 0.4) is 0 Å². The summed E-state index contributed by atoms with van der Waals surface area (Å²) >= 11 is 0. The van der Waals surface area contributed by atoms with Crippen LogP contribution in [0.2, 0.25) is 0 Å². The van der Waals surface area contributed by atoms with Gasteiger partial charge in [-0.05, 0) is 54.4 Å². The molecule has 4 aromatic rings. The number of aryl methyl sites for hydroxylation is 1. The molecule has 3 aromatic carbocycles. The highest BCUT2D eigenvalue weighted by atomic mass is 19.1. The highest BCUT2D eigenvalue weighted by Gasteiger charge is 2.16. The molecule has 0 bridgehead atoms. The number of nitrogens with zero attached hydrogens (tertiary/aromatic N) is 2. The number of hydrogen-bond acceptors (Lipinski definition) is 4. The number of hydrogen-bond donors (Lipinski definition) is 2. The van der Waals surface area contributed by atoms with Gasteiger partial charge in [0, 0.05) is 29.7 Å². The molecular formula is C28H27FN4O3. The Morgan fingerprint density at radius 1 is 0.917 bits per heavy atom. The van der Waals surface area contributed by atoms with Crippen LogP contribution < -0.4 is 16.2 Å². The smallest absolute Gasteiger partial charge is 0.274 e. The topological polar surface area (TPSA) is 93.1 Å². The predicted octanol–water partition coefficient (Wildman–Crippen LogP) is 4.91. The first-order valence-electron chi connectivity index (χ1n) is 11.9. The third-order valence-electron chi connectivity index (χ3n) is 5.80. The fourth-order valence-corrected chi connectivity index (χ4v) is 3.90. The van der Waals surface area contributed by atoms with Gasteiger partial charge >= 0.3 is 0 Å². The second-order valence-electron chi connectivity index (χ2n) is 8.47. The van der Waals surface area contributed by atoms with Gasteiger partial charge in [0.15, 0.2) is 5.69 Å². The van der Waals surface area contributed by atoms with Gasteiger partial charge in [-0.25, -0.2) is 9.07 Å². The quantitative estimate of drug-likeness (QED) is 0.329. The third-order valence-corrected chi connectivity index (χ3v) is 5.80. The van der Waals surface area contributed by atoms with Gasteiger partial charge in [-0.3, -0.25) is 14.4 Å². The average Bonchev–Trinajstić information content (AvgIpc) is 2.89. The minimum Gasteiger partial charge on any atom is -0.347 e. The monoisotopic (exact) mass is 486 g/mol. The summed E-state index contributed by atoms with van der Waals surface area (Å²) in [6.07, 6.45) is 2.79. The molecule has 0 aliphatic rings. The Kier molecular flexibility index (Phi) is 7.85. The van der Waals surface area contributed by atoms with Crippen LogP contribution in [-0.4, -0.2) is 21.6 Å². The number of unbranched alkanes of at least 4 members (excludes halogenated alkanes) is 2. The SMILES string of the molecule is CCCCCn1nc(C(=O)NCc2cccc(NC(=O)c3ccc(F)cc3)c2)c2ccccc2c1=O. The van der Waals surface area contributed by atoms with E-state index in [-0.39, 0.29) is 23.7 Å². The number of rotatable bonds is 9. The standard InChI is InChI=1S/C28H27FN4O3/c1-2-3-6-16-33-28(36)24-11-5-4-10-23(24)25(32-33)27(35)30-18-19-8-7-9-22(17-19)31-26(34)20-12-14-21(29)15-13-20/h4-5,7-15,17H,2-3,6,16,18H2,1H3,(H,30,35)(H,31,34). The molecule has 0 aliphatic heterocycles. The van der Waals surface area contributed by atoms with Gasteiger partial charge in [-0.1, -0.05) is 50.1 Å². The molecule has 0 radical (unpaired) electrons. The van der Waals surface area contributed by atoms with Crippen molar-refractivity contribution in [2.45, 2.75) is 39.3 Å². The number of carbonyl (C=O) groups excluding carboxylic acids is 2. The van der Waals surface area contributed by atoms with Crippen LogP contribution in [0.15, 0.2) is 77.6 Å². The molecule has 0 atom stereocenters. The lowest BCUT2D eigenvalue weighted by Crippen LogP contribution is -2.30. The second-order valence-corrected chi connectivity index (χ2v) is 8.47. The van der Waals surface area contributed by atoms with Gasteiger partial charge in [0.2, 0.25) is 0 Å². The molecule has 7 nitrogen and oxygen atoms in total. The van der Waals surface area contributed by atoms with E-state index in [1.165, 1.54) is 28.9 Å². The third kappa shape index (κ3) is 5.83. The lowest BCUT2D eigenvalue weighted by Gasteiger charge is -2.12. The maximum atomic E-state index is 13.1. The Morgan fingerprint density at radius 3 is 2.42 bits per heavy atom. The fraction of sp³-hybridized carbons (Fsp3) is 0.214. The first-order valence-corrected chi connectivity index (χ1v) is 11.9. The second kappa shape index (κ2) is 11.4. The summed E-state index contributed by atoms with van der Waals surface area (Å²) in [5.41, 5.74) is 1.64. The minimum atomic E-state index is -0.414. The summed E-state index contributed by atoms with van der Waals surface area (Å²) in [7, 11) is 0. The lowest BCUT2D eigenvalue weighted by molar-refractivity contribution is 0.0944. The first-order chi connectivity index (χ1) is 17.5. The van der Waals surface area contributed by atoms with Gasteiger partial charge in [0.1, 0.15) is 5.82 Å². The Balaban J connectivity index is 1.49. The molecule has 0 spiro atoms. The number of nitrogens with one attached hydrogen (secondary N) is 2. The molecule has 0 saturated carbocycles. The van der Waals surface area contributed by atoms with Gasteiger partial charge < -0.3 is 10.6 Å². The van der Waals surface area contributed by atoms with Crippen molar-refractivity contribution < 1.29 is 14.0 Å². The van der Waals surface area contributed by atoms with E-state index in [9.17, 15) is 18.8 Å². The molecule has 1 heterocycles. The van der Waals surface area contributed by atoms with Crippen LogP contribution in [0.1, 0.15) is 52.6 Å². The Hall–Kier alpha value is -4.33. The molecule has 2 amide bonds. The van der Waals surface area contributed by atoms with Gasteiger partial charge in [0.05, 0.1) is 5.39 Å². The van der Waals surface area contributed by atoms with E-state index in [1.807, 2.05) is 6.07 Å². The highest BCUT2D eigenvalue weighted by molar-refractivity contribution is 6.05. The number of fused-ring (bicyclic) bond motifs is 1. The van der Waals surface area contributed by atoms with Gasteiger partial charge in [-0.15, -0.1) is 0 Å². The minimum absolute atomic E-state index is 0.197. The van der Waals surface area contributed by atoms with Crippen LogP contribution in [0, 0.1) is 5.82 Å². The Bertz CT molecular complexity index is 1450. The van der Waals surface area contributed by atoms with E-state index in [4.69, 9.17) is 0 Å². The van der Waals surface area contributed by atoms with Crippen LogP contribution >= 0.6 is 0 Å². The van der Waals surface area contributed by atoms with E-state index < -0.39 is 11.7 Å².